The van der Waals surface area contributed by atoms with Crippen molar-refractivity contribution in [2.45, 2.75) is 41.0 Å². The van der Waals surface area contributed by atoms with Crippen molar-refractivity contribution < 1.29 is 61.0 Å². The van der Waals surface area contributed by atoms with Crippen LogP contribution in [-0.4, -0.2) is 57.1 Å². The van der Waals surface area contributed by atoms with Crippen LogP contribution in [-0.2, 0) is 18.5 Å². The van der Waals surface area contributed by atoms with Crippen LogP contribution in [0.5, 0.6) is 5.75 Å². The minimum absolute atomic E-state index is 0.00522. The second-order valence-corrected chi connectivity index (χ2v) is 12.6. The van der Waals surface area contributed by atoms with E-state index in [1.54, 1.807) is 6.07 Å². The molecular formula is C20H19F9O5S2. The Morgan fingerprint density at radius 3 is 1.92 bits per heavy atom. The van der Waals surface area contributed by atoms with Crippen molar-refractivity contribution in [1.82, 2.24) is 0 Å². The molecular weight excluding hydrogens is 555 g/mol. The van der Waals surface area contributed by atoms with Crippen molar-refractivity contribution in [2.24, 2.45) is 0 Å². The molecule has 1 saturated heterocycles. The van der Waals surface area contributed by atoms with Crippen molar-refractivity contribution in [3.8, 4) is 5.75 Å². The molecule has 0 aromatic heterocycles. The lowest BCUT2D eigenvalue weighted by molar-refractivity contribution is -0.382. The molecule has 1 fully saturated rings. The first kappa shape index (κ1) is 28.7. The highest BCUT2D eigenvalue weighted by Crippen LogP contribution is 2.66. The van der Waals surface area contributed by atoms with Gasteiger partial charge in [0.1, 0.15) is 5.75 Å². The molecule has 36 heavy (non-hydrogen) atoms. The minimum atomic E-state index is -7.37. The van der Waals surface area contributed by atoms with Gasteiger partial charge in [-0.05, 0) is 30.4 Å². The molecule has 1 heterocycles. The van der Waals surface area contributed by atoms with Gasteiger partial charge in [0.2, 0.25) is 0 Å². The summed E-state index contributed by atoms with van der Waals surface area (Å²) in [7, 11) is -9.08. The highest BCUT2D eigenvalue weighted by Gasteiger charge is 2.86. The Labute approximate surface area is 201 Å². The van der Waals surface area contributed by atoms with E-state index in [4.69, 9.17) is 9.47 Å². The number of halogens is 9. The molecule has 16 heteroatoms. The van der Waals surface area contributed by atoms with Gasteiger partial charge in [0.15, 0.2) is 6.79 Å². The third-order valence-electron chi connectivity index (χ3n) is 5.42. The van der Waals surface area contributed by atoms with Crippen LogP contribution in [0.25, 0.3) is 10.8 Å². The maximum atomic E-state index is 14.4. The van der Waals surface area contributed by atoms with Gasteiger partial charge in [0.25, 0.3) is 0 Å². The van der Waals surface area contributed by atoms with Gasteiger partial charge >= 0.3 is 33.4 Å². The van der Waals surface area contributed by atoms with Crippen molar-refractivity contribution in [1.29, 1.82) is 0 Å². The zero-order chi connectivity index (χ0) is 27.2. The first-order valence-electron chi connectivity index (χ1n) is 10.0. The Morgan fingerprint density at radius 2 is 1.39 bits per heavy atom. The van der Waals surface area contributed by atoms with Gasteiger partial charge in [-0.15, -0.1) is 0 Å². The summed E-state index contributed by atoms with van der Waals surface area (Å²) in [6, 6.07) is 8.60. The van der Waals surface area contributed by atoms with Crippen LogP contribution in [0.3, 0.4) is 0 Å². The number of rotatable bonds is 9. The Morgan fingerprint density at radius 1 is 0.833 bits per heavy atom. The summed E-state index contributed by atoms with van der Waals surface area (Å²) < 4.78 is 160. The van der Waals surface area contributed by atoms with E-state index in [-0.39, 0.29) is 47.2 Å². The highest BCUT2D eigenvalue weighted by molar-refractivity contribution is 8.33. The minimum Gasteiger partial charge on any atom is -0.467 e. The summed E-state index contributed by atoms with van der Waals surface area (Å²) in [5, 5.41) is -6.35. The molecule has 0 bridgehead atoms. The number of alkyl halides is 9. The van der Waals surface area contributed by atoms with Crippen molar-refractivity contribution in [2.75, 3.05) is 25.4 Å². The molecule has 0 unspecified atom stereocenters. The molecule has 0 spiro atoms. The predicted octanol–water partition coefficient (Wildman–Crippen LogP) is 6.47. The van der Waals surface area contributed by atoms with Crippen LogP contribution >= 0.6 is 10.3 Å². The third kappa shape index (κ3) is 4.49. The van der Waals surface area contributed by atoms with Gasteiger partial charge in [-0.1, -0.05) is 34.6 Å². The Balaban J connectivity index is 2.13. The molecule has 2 aromatic carbocycles. The van der Waals surface area contributed by atoms with Crippen LogP contribution in [0, 0.1) is 0 Å². The van der Waals surface area contributed by atoms with Crippen LogP contribution in [0.4, 0.5) is 39.5 Å². The molecule has 204 valence electrons. The molecule has 3 rings (SSSR count). The fourth-order valence-corrected chi connectivity index (χ4v) is 9.52. The van der Waals surface area contributed by atoms with Crippen molar-refractivity contribution in [3.05, 3.63) is 36.4 Å². The quantitative estimate of drug-likeness (QED) is 0.254. The smallest absolute Gasteiger partial charge is 0.460 e. The SMILES string of the molecule is COCOc1ccc(S2(OS(=O)(=O)C(F)(F)C(F)(F)C(F)(F)C(F)(F)F)CCCC2)c2ccccc12. The maximum absolute atomic E-state index is 14.4. The molecule has 0 N–H and O–H groups in total. The first-order valence-corrected chi connectivity index (χ1v) is 13.3. The second kappa shape index (κ2) is 9.44. The summed E-state index contributed by atoms with van der Waals surface area (Å²) in [6.45, 7) is -0.194. The molecule has 0 saturated carbocycles. The molecule has 0 radical (unpaired) electrons. The average molecular weight is 574 g/mol. The van der Waals surface area contributed by atoms with Crippen LogP contribution in [0.15, 0.2) is 41.3 Å². The van der Waals surface area contributed by atoms with E-state index in [0.717, 1.165) is 0 Å². The average Bonchev–Trinajstić information content (AvgIpc) is 3.24. The molecule has 0 atom stereocenters. The summed E-state index contributed by atoms with van der Waals surface area (Å²) in [6.07, 6.45) is -6.77. The normalized spacial score (nSPS) is 18.4. The van der Waals surface area contributed by atoms with Crippen molar-refractivity contribution >= 4 is 31.2 Å². The molecule has 2 aromatic rings. The summed E-state index contributed by atoms with van der Waals surface area (Å²) in [4.78, 5) is 0.00522. The number of methoxy groups -OCH3 is 1. The monoisotopic (exact) mass is 574 g/mol. The lowest BCUT2D eigenvalue weighted by Gasteiger charge is -2.38. The molecule has 0 aliphatic carbocycles. The Bertz CT molecular complexity index is 1210. The number of fused-ring (bicyclic) bond motifs is 1. The van der Waals surface area contributed by atoms with Crippen LogP contribution < -0.4 is 4.74 Å². The topological polar surface area (TPSA) is 61.8 Å². The molecule has 1 aliphatic heterocycles. The number of hydrogen-bond acceptors (Lipinski definition) is 5. The molecule has 0 amide bonds. The molecule has 5 nitrogen and oxygen atoms in total. The summed E-state index contributed by atoms with van der Waals surface area (Å²) in [5.41, 5.74) is 0. The zero-order valence-corrected chi connectivity index (χ0v) is 19.9. The Hall–Kier alpha value is -1.91. The number of ether oxygens (including phenoxy) is 2. The maximum Gasteiger partial charge on any atom is 0.460 e. The largest absolute Gasteiger partial charge is 0.467 e. The first-order chi connectivity index (χ1) is 16.5. The lowest BCUT2D eigenvalue weighted by Crippen LogP contribution is -2.63. The van der Waals surface area contributed by atoms with E-state index < -0.39 is 43.7 Å². The number of hydrogen-bond donors (Lipinski definition) is 0. The van der Waals surface area contributed by atoms with Crippen molar-refractivity contribution in [3.63, 3.8) is 0 Å². The summed E-state index contributed by atoms with van der Waals surface area (Å²) >= 11 is 0. The van der Waals surface area contributed by atoms with E-state index in [1.807, 2.05) is 0 Å². The second-order valence-electron chi connectivity index (χ2n) is 7.77. The van der Waals surface area contributed by atoms with E-state index in [2.05, 4.69) is 3.63 Å². The number of benzene rings is 2. The van der Waals surface area contributed by atoms with Gasteiger partial charge in [0, 0.05) is 28.9 Å². The van der Waals surface area contributed by atoms with Crippen LogP contribution in [0.2, 0.25) is 0 Å². The van der Waals surface area contributed by atoms with Gasteiger partial charge in [-0.25, -0.2) is 3.63 Å². The van der Waals surface area contributed by atoms with Crippen LogP contribution in [0.1, 0.15) is 12.8 Å². The third-order valence-corrected chi connectivity index (χ3v) is 11.1. The standard InChI is InChI=1S/C20H19F9O5S2/c1-32-12-33-15-8-9-16(14-7-3-2-6-13(14)15)35(10-4-5-11-35)34-36(30,31)20(28,29)18(23,24)17(21,22)19(25,26)27/h2-3,6-9H,4-5,10-12H2,1H3. The fraction of sp³-hybridized carbons (Fsp3) is 0.500. The van der Waals surface area contributed by atoms with Gasteiger partial charge < -0.3 is 9.47 Å². The van der Waals surface area contributed by atoms with Gasteiger partial charge in [0.05, 0.1) is 0 Å². The summed E-state index contributed by atoms with van der Waals surface area (Å²) in [5.74, 6) is -15.0. The van der Waals surface area contributed by atoms with E-state index >= 15 is 0 Å². The predicted molar refractivity (Wildman–Crippen MR) is 112 cm³/mol. The highest BCUT2D eigenvalue weighted by atomic mass is 32.3. The lowest BCUT2D eigenvalue weighted by atomic mass is 10.1. The van der Waals surface area contributed by atoms with Gasteiger partial charge in [-0.2, -0.15) is 47.9 Å². The van der Waals surface area contributed by atoms with E-state index in [9.17, 15) is 47.9 Å². The molecule has 1 aliphatic rings. The Kier molecular flexibility index (Phi) is 7.51. The van der Waals surface area contributed by atoms with E-state index in [0.29, 0.717) is 5.39 Å². The fourth-order valence-electron chi connectivity index (χ4n) is 3.65. The zero-order valence-electron chi connectivity index (χ0n) is 18.3. The van der Waals surface area contributed by atoms with E-state index in [1.165, 1.54) is 37.4 Å². The van der Waals surface area contributed by atoms with Gasteiger partial charge in [-0.3, -0.25) is 0 Å².